The summed E-state index contributed by atoms with van der Waals surface area (Å²) in [5, 5.41) is 26.7. The van der Waals surface area contributed by atoms with Crippen LogP contribution in [-0.4, -0.2) is 0 Å². The van der Waals surface area contributed by atoms with Gasteiger partial charge in [-0.05, 0) is 23.3 Å². The van der Waals surface area contributed by atoms with Gasteiger partial charge in [0.15, 0.2) is 0 Å². The summed E-state index contributed by atoms with van der Waals surface area (Å²) in [6.45, 7) is 0. The molecule has 0 aliphatic rings. The first-order valence-electron chi connectivity index (χ1n) is 4.36. The molecule has 3 nitrogen and oxygen atoms in total. The third-order valence-corrected chi connectivity index (χ3v) is 2.55. The molecule has 0 aromatic heterocycles. The van der Waals surface area contributed by atoms with Gasteiger partial charge in [-0.15, -0.1) is 0 Å². The van der Waals surface area contributed by atoms with Crippen molar-refractivity contribution in [1.29, 1.82) is 15.8 Å². The van der Waals surface area contributed by atoms with Gasteiger partial charge in [0.05, 0.1) is 11.6 Å². The number of allylic oxidation sites excluding steroid dienone is 1. The maximum absolute atomic E-state index is 8.90. The fourth-order valence-electron chi connectivity index (χ4n) is 1.16. The molecule has 0 N–H and O–H groups in total. The Morgan fingerprint density at radius 1 is 1.25 bits per heavy atom. The second-order valence-electron chi connectivity index (χ2n) is 2.94. The van der Waals surface area contributed by atoms with Crippen LogP contribution in [0.4, 0.5) is 0 Å². The average molecular weight is 272 g/mol. The Kier molecular flexibility index (Phi) is 4.28. The van der Waals surface area contributed by atoms with Gasteiger partial charge in [0.2, 0.25) is 0 Å². The third-order valence-electron chi connectivity index (χ3n) is 1.95. The van der Waals surface area contributed by atoms with Crippen molar-refractivity contribution in [2.45, 2.75) is 5.33 Å². The Morgan fingerprint density at radius 3 is 2.44 bits per heavy atom. The maximum Gasteiger partial charge on any atom is 0.130 e. The number of alkyl halides is 1. The number of nitriles is 3. The molecule has 1 aromatic carbocycles. The molecule has 0 spiro atoms. The summed E-state index contributed by atoms with van der Waals surface area (Å²) < 4.78 is 0. The topological polar surface area (TPSA) is 71.4 Å². The molecule has 0 fully saturated rings. The van der Waals surface area contributed by atoms with Gasteiger partial charge < -0.3 is 0 Å². The molecule has 16 heavy (non-hydrogen) atoms. The predicted molar refractivity (Wildman–Crippen MR) is 63.0 cm³/mol. The zero-order valence-electron chi connectivity index (χ0n) is 8.24. The highest BCUT2D eigenvalue weighted by Gasteiger charge is 2.02. The lowest BCUT2D eigenvalue weighted by atomic mass is 10.0. The largest absolute Gasteiger partial charge is 0.192 e. The summed E-state index contributed by atoms with van der Waals surface area (Å²) in [5.74, 6) is 0. The first-order valence-corrected chi connectivity index (χ1v) is 5.48. The van der Waals surface area contributed by atoms with Crippen LogP contribution < -0.4 is 0 Å². The summed E-state index contributed by atoms with van der Waals surface area (Å²) in [6, 6.07) is 10.8. The number of nitrogens with zero attached hydrogens (tertiary/aromatic N) is 3. The average Bonchev–Trinajstić information content (AvgIpc) is 2.35. The lowest BCUT2D eigenvalue weighted by Gasteiger charge is -2.00. The molecular formula is C12H6BrN3. The van der Waals surface area contributed by atoms with Crippen LogP contribution in [0.5, 0.6) is 0 Å². The number of halogens is 1. The highest BCUT2D eigenvalue weighted by atomic mass is 79.9. The Morgan fingerprint density at radius 2 is 1.94 bits per heavy atom. The van der Waals surface area contributed by atoms with Crippen LogP contribution in [-0.2, 0) is 5.33 Å². The molecule has 0 amide bonds. The van der Waals surface area contributed by atoms with Gasteiger partial charge >= 0.3 is 0 Å². The van der Waals surface area contributed by atoms with E-state index in [2.05, 4.69) is 22.0 Å². The van der Waals surface area contributed by atoms with Crippen molar-refractivity contribution in [3.63, 3.8) is 0 Å². The van der Waals surface area contributed by atoms with Crippen LogP contribution in [0.15, 0.2) is 23.8 Å². The van der Waals surface area contributed by atoms with E-state index in [1.807, 2.05) is 0 Å². The van der Waals surface area contributed by atoms with Gasteiger partial charge in [-0.25, -0.2) is 0 Å². The lowest BCUT2D eigenvalue weighted by molar-refractivity contribution is 1.36. The molecule has 0 aliphatic heterocycles. The molecule has 0 radical (unpaired) electrons. The Hall–Kier alpha value is -2.09. The van der Waals surface area contributed by atoms with E-state index < -0.39 is 0 Å². The number of benzene rings is 1. The van der Waals surface area contributed by atoms with E-state index in [0.29, 0.717) is 16.5 Å². The van der Waals surface area contributed by atoms with Crippen molar-refractivity contribution in [2.24, 2.45) is 0 Å². The minimum absolute atomic E-state index is 0.0236. The van der Waals surface area contributed by atoms with Crippen molar-refractivity contribution in [3.8, 4) is 18.2 Å². The van der Waals surface area contributed by atoms with E-state index in [-0.39, 0.29) is 5.57 Å². The molecule has 0 saturated carbocycles. The Labute approximate surface area is 102 Å². The summed E-state index contributed by atoms with van der Waals surface area (Å²) in [7, 11) is 0. The standard InChI is InChI=1S/C12H6BrN3/c13-5-11-2-1-9(4-12(11)8-16)3-10(6-14)7-15/h1-4H,5H2. The van der Waals surface area contributed by atoms with Crippen molar-refractivity contribution in [1.82, 2.24) is 0 Å². The zero-order valence-corrected chi connectivity index (χ0v) is 9.82. The van der Waals surface area contributed by atoms with Crippen LogP contribution in [0.3, 0.4) is 0 Å². The van der Waals surface area contributed by atoms with E-state index in [1.54, 1.807) is 30.3 Å². The Balaban J connectivity index is 3.22. The second-order valence-corrected chi connectivity index (χ2v) is 3.50. The van der Waals surface area contributed by atoms with Gasteiger partial charge in [0, 0.05) is 5.33 Å². The monoisotopic (exact) mass is 271 g/mol. The molecule has 0 atom stereocenters. The van der Waals surface area contributed by atoms with Crippen LogP contribution in [0.2, 0.25) is 0 Å². The van der Waals surface area contributed by atoms with E-state index in [0.717, 1.165) is 5.56 Å². The molecule has 0 unspecified atom stereocenters. The second kappa shape index (κ2) is 5.71. The Bertz CT molecular complexity index is 537. The van der Waals surface area contributed by atoms with E-state index >= 15 is 0 Å². The number of hydrogen-bond acceptors (Lipinski definition) is 3. The molecule has 1 aromatic rings. The minimum atomic E-state index is 0.0236. The van der Waals surface area contributed by atoms with Crippen molar-refractivity contribution in [2.75, 3.05) is 0 Å². The van der Waals surface area contributed by atoms with Gasteiger partial charge in [-0.2, -0.15) is 15.8 Å². The molecule has 0 bridgehead atoms. The van der Waals surface area contributed by atoms with E-state index in [4.69, 9.17) is 15.8 Å². The van der Waals surface area contributed by atoms with Crippen molar-refractivity contribution < 1.29 is 0 Å². The lowest BCUT2D eigenvalue weighted by Crippen LogP contribution is -1.87. The van der Waals surface area contributed by atoms with Crippen molar-refractivity contribution >= 4 is 22.0 Å². The molecule has 76 valence electrons. The number of hydrogen-bond donors (Lipinski definition) is 0. The van der Waals surface area contributed by atoms with Gasteiger partial charge in [0.25, 0.3) is 0 Å². The summed E-state index contributed by atoms with van der Waals surface area (Å²) in [6.07, 6.45) is 1.46. The summed E-state index contributed by atoms with van der Waals surface area (Å²) >= 11 is 3.28. The van der Waals surface area contributed by atoms with Gasteiger partial charge in [-0.3, -0.25) is 0 Å². The molecule has 0 saturated heterocycles. The van der Waals surface area contributed by atoms with Gasteiger partial charge in [0.1, 0.15) is 17.7 Å². The molecule has 0 aliphatic carbocycles. The summed E-state index contributed by atoms with van der Waals surface area (Å²) in [4.78, 5) is 0. The highest BCUT2D eigenvalue weighted by Crippen LogP contribution is 2.16. The van der Waals surface area contributed by atoms with Gasteiger partial charge in [-0.1, -0.05) is 28.1 Å². The molecule has 4 heteroatoms. The third kappa shape index (κ3) is 2.70. The van der Waals surface area contributed by atoms with Crippen LogP contribution in [0.25, 0.3) is 6.08 Å². The fourth-order valence-corrected chi connectivity index (χ4v) is 1.65. The zero-order chi connectivity index (χ0) is 12.0. The molecule has 0 heterocycles. The van der Waals surface area contributed by atoms with E-state index in [1.165, 1.54) is 6.08 Å². The smallest absolute Gasteiger partial charge is 0.130 e. The SMILES string of the molecule is N#CC(C#N)=Cc1ccc(CBr)c(C#N)c1. The first kappa shape index (κ1) is 12.0. The normalized spacial score (nSPS) is 8.38. The summed E-state index contributed by atoms with van der Waals surface area (Å²) in [5.41, 5.74) is 2.13. The van der Waals surface area contributed by atoms with Crippen LogP contribution in [0, 0.1) is 34.0 Å². The van der Waals surface area contributed by atoms with Crippen LogP contribution >= 0.6 is 15.9 Å². The van der Waals surface area contributed by atoms with Crippen molar-refractivity contribution in [3.05, 3.63) is 40.5 Å². The molecular weight excluding hydrogens is 266 g/mol. The maximum atomic E-state index is 8.90. The predicted octanol–water partition coefficient (Wildman–Crippen LogP) is 2.88. The number of rotatable bonds is 2. The first-order chi connectivity index (χ1) is 7.74. The fraction of sp³-hybridized carbons (Fsp3) is 0.0833. The quantitative estimate of drug-likeness (QED) is 0.613. The minimum Gasteiger partial charge on any atom is -0.192 e. The van der Waals surface area contributed by atoms with E-state index in [9.17, 15) is 0 Å². The highest BCUT2D eigenvalue weighted by molar-refractivity contribution is 9.08. The van der Waals surface area contributed by atoms with Crippen LogP contribution in [0.1, 0.15) is 16.7 Å². The molecule has 1 rings (SSSR count).